The van der Waals surface area contributed by atoms with Gasteiger partial charge in [-0.2, -0.15) is 11.3 Å². The third kappa shape index (κ3) is 34.8. The smallest absolute Gasteiger partial charge is 0.665 e. The molecule has 1 rings (SSSR count). The Balaban J connectivity index is -0.000000104. The van der Waals surface area contributed by atoms with E-state index in [-0.39, 0.29) is 19.5 Å². The average Bonchev–Trinajstić information content (AvgIpc) is 2.44. The van der Waals surface area contributed by atoms with Crippen molar-refractivity contribution in [3.8, 4) is 0 Å². The summed E-state index contributed by atoms with van der Waals surface area (Å²) in [4.78, 5) is 16.5. The van der Waals surface area contributed by atoms with Crippen LogP contribution in [-0.4, -0.2) is 23.2 Å². The third-order valence-electron chi connectivity index (χ3n) is 0.425. The molecule has 0 radical (unpaired) electrons. The fourth-order valence-corrected chi connectivity index (χ4v) is 0.680. The zero-order valence-electron chi connectivity index (χ0n) is 6.14. The van der Waals surface area contributed by atoms with Crippen LogP contribution in [0.2, 0.25) is 0 Å². The van der Waals surface area contributed by atoms with Crippen molar-refractivity contribution >= 4 is 24.3 Å². The maximum Gasteiger partial charge on any atom is 2.00 e. The van der Waals surface area contributed by atoms with Crippen LogP contribution in [0, 0.1) is 0 Å². The van der Waals surface area contributed by atoms with Crippen LogP contribution in [0.25, 0.3) is 0 Å². The molecule has 0 saturated carbocycles. The molecule has 1 aromatic rings. The maximum absolute atomic E-state index is 8.24. The topological polar surface area (TPSA) is 74.6 Å². The van der Waals surface area contributed by atoms with Crippen molar-refractivity contribution in [3.63, 3.8) is 0 Å². The second-order valence-corrected chi connectivity index (χ2v) is 1.79. The molecule has 0 aliphatic carbocycles. The van der Waals surface area contributed by atoms with E-state index in [2.05, 4.69) is 0 Å². The summed E-state index contributed by atoms with van der Waals surface area (Å²) in [5, 5.41) is 17.6. The molecule has 0 saturated heterocycles. The van der Waals surface area contributed by atoms with Crippen LogP contribution in [0.1, 0.15) is 0 Å². The van der Waals surface area contributed by atoms with Crippen LogP contribution >= 0.6 is 11.3 Å². The molecule has 1 aromatic heterocycles. The summed E-state index contributed by atoms with van der Waals surface area (Å²) in [5.74, 6) is 0. The van der Waals surface area contributed by atoms with E-state index in [1.54, 1.807) is 11.3 Å². The van der Waals surface area contributed by atoms with E-state index in [0.717, 1.165) is 0 Å². The minimum absolute atomic E-state index is 0. The SMILES string of the molecule is O=[C-]O.O=[C-]O.[Zn+2].c1ccsc1. The summed E-state index contributed by atoms with van der Waals surface area (Å²) in [6, 6.07) is 4.04. The molecule has 12 heavy (non-hydrogen) atoms. The van der Waals surface area contributed by atoms with E-state index in [4.69, 9.17) is 19.8 Å². The molecule has 0 fully saturated rings. The minimum Gasteiger partial charge on any atom is -0.665 e. The molecular formula is C6H6O4SZn. The molecule has 0 spiro atoms. The average molecular weight is 240 g/mol. The first-order valence-corrected chi connectivity index (χ1v) is 3.27. The molecule has 62 valence electrons. The Hall–Kier alpha value is -0.737. The molecule has 0 aliphatic heterocycles. The van der Waals surface area contributed by atoms with Gasteiger partial charge in [0.1, 0.15) is 0 Å². The summed E-state index contributed by atoms with van der Waals surface area (Å²) in [6.45, 7) is 1.00. The van der Waals surface area contributed by atoms with E-state index in [9.17, 15) is 0 Å². The van der Waals surface area contributed by atoms with Gasteiger partial charge in [-0.25, -0.2) is 0 Å². The molecule has 2 N–H and O–H groups in total. The van der Waals surface area contributed by atoms with Gasteiger partial charge in [0.25, 0.3) is 0 Å². The van der Waals surface area contributed by atoms with E-state index >= 15 is 0 Å². The molecule has 0 bridgehead atoms. The van der Waals surface area contributed by atoms with Crippen LogP contribution in [-0.2, 0) is 29.1 Å². The van der Waals surface area contributed by atoms with Crippen molar-refractivity contribution in [1.29, 1.82) is 0 Å². The summed E-state index contributed by atoms with van der Waals surface area (Å²) < 4.78 is 0. The zero-order chi connectivity index (χ0) is 8.95. The molecule has 4 nitrogen and oxygen atoms in total. The quantitative estimate of drug-likeness (QED) is 0.523. The molecule has 0 atom stereocenters. The van der Waals surface area contributed by atoms with Crippen LogP contribution in [0.3, 0.4) is 0 Å². The Morgan fingerprint density at radius 1 is 1.00 bits per heavy atom. The van der Waals surface area contributed by atoms with Gasteiger partial charge < -0.3 is 19.8 Å². The van der Waals surface area contributed by atoms with Gasteiger partial charge in [-0.3, -0.25) is 0 Å². The predicted octanol–water partition coefficient (Wildman–Crippen LogP) is 0.969. The number of hydrogen-bond donors (Lipinski definition) is 2. The van der Waals surface area contributed by atoms with Crippen molar-refractivity contribution < 1.29 is 39.3 Å². The van der Waals surface area contributed by atoms with Crippen LogP contribution in [0.4, 0.5) is 0 Å². The Labute approximate surface area is 86.6 Å². The molecule has 6 heteroatoms. The van der Waals surface area contributed by atoms with E-state index in [0.29, 0.717) is 12.9 Å². The van der Waals surface area contributed by atoms with Crippen molar-refractivity contribution in [2.24, 2.45) is 0 Å². The van der Waals surface area contributed by atoms with Gasteiger partial charge in [0.05, 0.1) is 0 Å². The first kappa shape index (κ1) is 17.4. The number of hydrogen-bond acceptors (Lipinski definition) is 3. The largest absolute Gasteiger partial charge is 2.00 e. The molecule has 0 aliphatic rings. The molecular weight excluding hydrogens is 234 g/mol. The first-order valence-electron chi connectivity index (χ1n) is 2.33. The molecule has 0 unspecified atom stereocenters. The number of thiophene rings is 1. The van der Waals surface area contributed by atoms with Crippen LogP contribution < -0.4 is 0 Å². The Morgan fingerprint density at radius 2 is 1.25 bits per heavy atom. The minimum atomic E-state index is 0. The third-order valence-corrected chi connectivity index (χ3v) is 1.05. The molecule has 0 amide bonds. The Bertz CT molecular complexity index is 131. The summed E-state index contributed by atoms with van der Waals surface area (Å²) >= 11 is 1.71. The van der Waals surface area contributed by atoms with Gasteiger partial charge in [0, 0.05) is 0 Å². The van der Waals surface area contributed by atoms with Gasteiger partial charge in [-0.15, -0.1) is 0 Å². The second kappa shape index (κ2) is 22.4. The fraction of sp³-hybridized carbons (Fsp3) is 0. The second-order valence-electron chi connectivity index (χ2n) is 0.976. The van der Waals surface area contributed by atoms with Gasteiger partial charge in [-0.1, -0.05) is 25.1 Å². The van der Waals surface area contributed by atoms with Crippen molar-refractivity contribution in [1.82, 2.24) is 0 Å². The van der Waals surface area contributed by atoms with Gasteiger partial charge in [0.2, 0.25) is 0 Å². The first-order chi connectivity index (χ1) is 5.33. The van der Waals surface area contributed by atoms with Crippen molar-refractivity contribution in [3.05, 3.63) is 22.9 Å². The normalized spacial score (nSPS) is 5.33. The van der Waals surface area contributed by atoms with Crippen molar-refractivity contribution in [2.75, 3.05) is 0 Å². The van der Waals surface area contributed by atoms with E-state index in [1.807, 2.05) is 22.9 Å². The number of rotatable bonds is 0. The Kier molecular flexibility index (Phi) is 32.5. The predicted molar refractivity (Wildman–Crippen MR) is 41.0 cm³/mol. The standard InChI is InChI=1S/C4H4S.2CHO2.Zn/c1-2-4-5-3-1;2*2-1-3;/h1-4H;2*(H,2,3);/q;2*-1;+2. The van der Waals surface area contributed by atoms with E-state index in [1.165, 1.54) is 0 Å². The van der Waals surface area contributed by atoms with E-state index < -0.39 is 0 Å². The molecule has 1 heterocycles. The number of aliphatic hydroxyl groups excluding tert-OH is 2. The Morgan fingerprint density at radius 3 is 1.33 bits per heavy atom. The van der Waals surface area contributed by atoms with Crippen LogP contribution in [0.5, 0.6) is 0 Å². The fourth-order valence-electron chi connectivity index (χ4n) is 0.227. The van der Waals surface area contributed by atoms with Gasteiger partial charge in [-0.05, 0) is 10.8 Å². The maximum atomic E-state index is 8.24. The van der Waals surface area contributed by atoms with Crippen LogP contribution in [0.15, 0.2) is 22.9 Å². The summed E-state index contributed by atoms with van der Waals surface area (Å²) in [6.07, 6.45) is 0. The van der Waals surface area contributed by atoms with Crippen molar-refractivity contribution in [2.45, 2.75) is 0 Å². The summed E-state index contributed by atoms with van der Waals surface area (Å²) in [5.41, 5.74) is 0. The van der Waals surface area contributed by atoms with Gasteiger partial charge >= 0.3 is 19.5 Å². The summed E-state index contributed by atoms with van der Waals surface area (Å²) in [7, 11) is 0. The monoisotopic (exact) mass is 238 g/mol. The van der Waals surface area contributed by atoms with Gasteiger partial charge in [0.15, 0.2) is 0 Å². The molecule has 0 aromatic carbocycles. The zero-order valence-corrected chi connectivity index (χ0v) is 9.92.